The first-order valence-electron chi connectivity index (χ1n) is 3.72. The largest absolute Gasteiger partial charge is 0.465 e. The molecule has 0 fully saturated rings. The van der Waals surface area contributed by atoms with E-state index in [0.29, 0.717) is 17.9 Å². The third kappa shape index (κ3) is 2.43. The van der Waals surface area contributed by atoms with Crippen molar-refractivity contribution in [2.45, 2.75) is 12.7 Å². The highest BCUT2D eigenvalue weighted by atomic mass is 16.6. The van der Waals surface area contributed by atoms with Crippen LogP contribution in [0.1, 0.15) is 6.42 Å². The average molecular weight is 166 g/mol. The molecular weight excluding hydrogens is 154 g/mol. The van der Waals surface area contributed by atoms with E-state index in [1.54, 1.807) is 24.3 Å². The summed E-state index contributed by atoms with van der Waals surface area (Å²) in [5.74, 6) is 0.598. The smallest absolute Gasteiger partial charge is 0.197 e. The lowest BCUT2D eigenvalue weighted by atomic mass is 10.3. The second-order valence-electron chi connectivity index (χ2n) is 2.43. The number of aliphatic hydroxyl groups excluding tert-OH is 1. The Bertz CT molecular complexity index is 233. The maximum Gasteiger partial charge on any atom is 0.197 e. The van der Waals surface area contributed by atoms with Crippen LogP contribution in [0.25, 0.3) is 0 Å². The summed E-state index contributed by atoms with van der Waals surface area (Å²) in [6, 6.07) is 6.83. The molecule has 3 N–H and O–H groups in total. The number of aliphatic hydroxyl groups is 1. The van der Waals surface area contributed by atoms with E-state index >= 15 is 0 Å². The summed E-state index contributed by atoms with van der Waals surface area (Å²) in [7, 11) is 0. The number of benzene rings is 1. The SMILES string of the molecule is [CH2]CC(O)Oc1ccc(N)cc1. The van der Waals surface area contributed by atoms with Crippen molar-refractivity contribution in [1.82, 2.24) is 0 Å². The third-order valence-corrected chi connectivity index (χ3v) is 1.40. The van der Waals surface area contributed by atoms with Gasteiger partial charge in [0.2, 0.25) is 0 Å². The van der Waals surface area contributed by atoms with E-state index in [0.717, 1.165) is 0 Å². The molecule has 0 spiro atoms. The predicted molar refractivity (Wildman–Crippen MR) is 47.5 cm³/mol. The number of anilines is 1. The summed E-state index contributed by atoms with van der Waals surface area (Å²) in [5, 5.41) is 9.06. The number of rotatable bonds is 3. The average Bonchev–Trinajstić information content (AvgIpc) is 2.09. The van der Waals surface area contributed by atoms with Gasteiger partial charge in [0.15, 0.2) is 6.29 Å². The van der Waals surface area contributed by atoms with Gasteiger partial charge in [0.05, 0.1) is 0 Å². The lowest BCUT2D eigenvalue weighted by molar-refractivity contribution is -0.0142. The summed E-state index contributed by atoms with van der Waals surface area (Å²) in [4.78, 5) is 0. The van der Waals surface area contributed by atoms with Crippen molar-refractivity contribution in [2.75, 3.05) is 5.73 Å². The lowest BCUT2D eigenvalue weighted by Crippen LogP contribution is -2.13. The van der Waals surface area contributed by atoms with Gasteiger partial charge in [-0.25, -0.2) is 0 Å². The van der Waals surface area contributed by atoms with Crippen LogP contribution in [-0.2, 0) is 0 Å². The third-order valence-electron chi connectivity index (χ3n) is 1.40. The zero-order valence-corrected chi connectivity index (χ0v) is 6.73. The fourth-order valence-corrected chi connectivity index (χ4v) is 0.762. The first-order valence-corrected chi connectivity index (χ1v) is 3.72. The van der Waals surface area contributed by atoms with Crippen LogP contribution in [0.5, 0.6) is 5.75 Å². The molecule has 3 heteroatoms. The molecule has 0 aliphatic rings. The molecule has 0 aromatic heterocycles. The van der Waals surface area contributed by atoms with Crippen LogP contribution in [0.15, 0.2) is 24.3 Å². The maximum absolute atomic E-state index is 9.06. The normalized spacial score (nSPS) is 12.5. The van der Waals surface area contributed by atoms with Crippen molar-refractivity contribution in [2.24, 2.45) is 0 Å². The Morgan fingerprint density at radius 2 is 2.00 bits per heavy atom. The molecule has 1 aromatic carbocycles. The van der Waals surface area contributed by atoms with Crippen LogP contribution < -0.4 is 10.5 Å². The fraction of sp³-hybridized carbons (Fsp3) is 0.222. The van der Waals surface area contributed by atoms with Gasteiger partial charge in [-0.15, -0.1) is 0 Å². The molecule has 0 aliphatic heterocycles. The number of ether oxygens (including phenoxy) is 1. The molecule has 65 valence electrons. The highest BCUT2D eigenvalue weighted by Gasteiger charge is 2.00. The van der Waals surface area contributed by atoms with Gasteiger partial charge < -0.3 is 15.6 Å². The van der Waals surface area contributed by atoms with Crippen molar-refractivity contribution in [3.8, 4) is 5.75 Å². The molecule has 0 heterocycles. The van der Waals surface area contributed by atoms with E-state index in [1.807, 2.05) is 0 Å². The van der Waals surface area contributed by atoms with Crippen LogP contribution in [0.2, 0.25) is 0 Å². The van der Waals surface area contributed by atoms with Gasteiger partial charge in [-0.3, -0.25) is 0 Å². The number of nitrogen functional groups attached to an aromatic ring is 1. The molecule has 12 heavy (non-hydrogen) atoms. The molecule has 0 aliphatic carbocycles. The second kappa shape index (κ2) is 3.97. The van der Waals surface area contributed by atoms with E-state index in [-0.39, 0.29) is 0 Å². The van der Waals surface area contributed by atoms with Crippen LogP contribution in [-0.4, -0.2) is 11.4 Å². The zero-order valence-electron chi connectivity index (χ0n) is 6.73. The Hall–Kier alpha value is -1.22. The van der Waals surface area contributed by atoms with Crippen molar-refractivity contribution in [1.29, 1.82) is 0 Å². The molecule has 0 amide bonds. The van der Waals surface area contributed by atoms with Crippen LogP contribution in [0.4, 0.5) is 5.69 Å². The number of hydrogen-bond acceptors (Lipinski definition) is 3. The monoisotopic (exact) mass is 166 g/mol. The fourth-order valence-electron chi connectivity index (χ4n) is 0.762. The molecule has 1 rings (SSSR count). The quantitative estimate of drug-likeness (QED) is 0.524. The van der Waals surface area contributed by atoms with Gasteiger partial charge in [-0.2, -0.15) is 0 Å². The maximum atomic E-state index is 9.06. The van der Waals surface area contributed by atoms with E-state index in [1.165, 1.54) is 0 Å². The van der Waals surface area contributed by atoms with Crippen molar-refractivity contribution in [3.63, 3.8) is 0 Å². The molecule has 1 aromatic rings. The van der Waals surface area contributed by atoms with E-state index < -0.39 is 6.29 Å². The highest BCUT2D eigenvalue weighted by Crippen LogP contribution is 2.14. The van der Waals surface area contributed by atoms with Gasteiger partial charge in [0, 0.05) is 12.1 Å². The molecule has 0 bridgehead atoms. The Labute approximate surface area is 71.8 Å². The van der Waals surface area contributed by atoms with Gasteiger partial charge in [-0.1, -0.05) is 0 Å². The topological polar surface area (TPSA) is 55.5 Å². The zero-order chi connectivity index (χ0) is 8.97. The molecule has 3 nitrogen and oxygen atoms in total. The Balaban J connectivity index is 2.58. The Morgan fingerprint density at radius 1 is 1.42 bits per heavy atom. The van der Waals surface area contributed by atoms with Crippen LogP contribution in [0.3, 0.4) is 0 Å². The summed E-state index contributed by atoms with van der Waals surface area (Å²) in [5.41, 5.74) is 6.13. The molecule has 1 unspecified atom stereocenters. The molecule has 0 saturated carbocycles. The summed E-state index contributed by atoms with van der Waals surface area (Å²) < 4.78 is 5.06. The summed E-state index contributed by atoms with van der Waals surface area (Å²) >= 11 is 0. The highest BCUT2D eigenvalue weighted by molar-refractivity contribution is 5.41. The van der Waals surface area contributed by atoms with Crippen molar-refractivity contribution in [3.05, 3.63) is 31.2 Å². The standard InChI is InChI=1S/C9H12NO2/c1-2-9(11)12-8-5-3-7(10)4-6-8/h3-6,9,11H,1-2,10H2. The first kappa shape index (κ1) is 8.87. The van der Waals surface area contributed by atoms with Crippen LogP contribution in [0, 0.1) is 6.92 Å². The van der Waals surface area contributed by atoms with Crippen molar-refractivity contribution >= 4 is 5.69 Å². The molecule has 0 saturated heterocycles. The number of hydrogen-bond donors (Lipinski definition) is 2. The molecule has 1 radical (unpaired) electrons. The van der Waals surface area contributed by atoms with E-state index in [4.69, 9.17) is 15.6 Å². The Kier molecular flexibility index (Phi) is 2.94. The van der Waals surface area contributed by atoms with Crippen LogP contribution >= 0.6 is 0 Å². The Morgan fingerprint density at radius 3 is 2.50 bits per heavy atom. The van der Waals surface area contributed by atoms with Gasteiger partial charge in [0.25, 0.3) is 0 Å². The van der Waals surface area contributed by atoms with Crippen molar-refractivity contribution < 1.29 is 9.84 Å². The minimum Gasteiger partial charge on any atom is -0.465 e. The second-order valence-corrected chi connectivity index (χ2v) is 2.43. The predicted octanol–water partition coefficient (Wildman–Crippen LogP) is 1.19. The van der Waals surface area contributed by atoms with E-state index in [9.17, 15) is 0 Å². The summed E-state index contributed by atoms with van der Waals surface area (Å²) in [6.07, 6.45) is -0.515. The summed E-state index contributed by atoms with van der Waals surface area (Å²) in [6.45, 7) is 3.50. The van der Waals surface area contributed by atoms with E-state index in [2.05, 4.69) is 6.92 Å². The number of nitrogens with two attached hydrogens (primary N) is 1. The van der Waals surface area contributed by atoms with Gasteiger partial charge in [0.1, 0.15) is 5.75 Å². The first-order chi connectivity index (χ1) is 5.72. The lowest BCUT2D eigenvalue weighted by Gasteiger charge is -2.10. The molecular formula is C9H12NO2. The van der Waals surface area contributed by atoms with Gasteiger partial charge in [-0.05, 0) is 31.2 Å². The molecule has 1 atom stereocenters. The minimum absolute atomic E-state index is 0.324. The van der Waals surface area contributed by atoms with Gasteiger partial charge >= 0.3 is 0 Å². The minimum atomic E-state index is -0.839.